The van der Waals surface area contributed by atoms with Gasteiger partial charge in [-0.25, -0.2) is 0 Å². The van der Waals surface area contributed by atoms with E-state index in [0.717, 1.165) is 5.56 Å². The van der Waals surface area contributed by atoms with Gasteiger partial charge in [0, 0.05) is 12.6 Å². The smallest absolute Gasteiger partial charge is 0.295 e. The molecule has 0 bridgehead atoms. The van der Waals surface area contributed by atoms with E-state index in [0.29, 0.717) is 28.6 Å². The summed E-state index contributed by atoms with van der Waals surface area (Å²) in [7, 11) is 7.54. The number of rotatable bonds is 9. The number of carbonyl (C=O) groups is 2. The molecular weight excluding hydrogens is 490 g/mol. The van der Waals surface area contributed by atoms with E-state index in [1.807, 2.05) is 12.1 Å². The largest absolute Gasteiger partial charge is 0.507 e. The zero-order chi connectivity index (χ0) is 27.4. The summed E-state index contributed by atoms with van der Waals surface area (Å²) in [5, 5.41) is 11.5. The molecule has 9 nitrogen and oxygen atoms in total. The Morgan fingerprint density at radius 3 is 1.97 bits per heavy atom. The third-order valence-corrected chi connectivity index (χ3v) is 6.44. The van der Waals surface area contributed by atoms with Gasteiger partial charge in [0.2, 0.25) is 0 Å². The van der Waals surface area contributed by atoms with Gasteiger partial charge in [0.05, 0.1) is 52.7 Å². The van der Waals surface area contributed by atoms with Crippen molar-refractivity contribution in [2.75, 3.05) is 35.5 Å². The predicted octanol–water partition coefficient (Wildman–Crippen LogP) is 4.35. The summed E-state index contributed by atoms with van der Waals surface area (Å²) in [6, 6.07) is 16.2. The van der Waals surface area contributed by atoms with Crippen molar-refractivity contribution in [3.05, 3.63) is 82.9 Å². The molecule has 0 spiro atoms. The lowest BCUT2D eigenvalue weighted by Gasteiger charge is -2.26. The second-order valence-electron chi connectivity index (χ2n) is 8.46. The van der Waals surface area contributed by atoms with Gasteiger partial charge in [0.25, 0.3) is 11.7 Å². The van der Waals surface area contributed by atoms with E-state index in [4.69, 9.17) is 23.7 Å². The number of Topliss-reactive ketones (excluding diaryl/α,β-unsaturated/α-hetero) is 1. The van der Waals surface area contributed by atoms with Crippen LogP contribution in [-0.2, 0) is 16.1 Å². The van der Waals surface area contributed by atoms with E-state index in [1.165, 1.54) is 33.3 Å². The van der Waals surface area contributed by atoms with Gasteiger partial charge in [-0.15, -0.1) is 0 Å². The van der Waals surface area contributed by atoms with Crippen molar-refractivity contribution >= 4 is 17.4 Å². The number of hydrogen-bond acceptors (Lipinski definition) is 8. The number of benzene rings is 3. The van der Waals surface area contributed by atoms with Gasteiger partial charge in [0.15, 0.2) is 11.5 Å². The molecule has 1 fully saturated rings. The Kier molecular flexibility index (Phi) is 7.76. The molecule has 198 valence electrons. The van der Waals surface area contributed by atoms with Crippen LogP contribution in [0.2, 0.25) is 0 Å². The maximum atomic E-state index is 13.5. The van der Waals surface area contributed by atoms with Crippen molar-refractivity contribution in [3.63, 3.8) is 0 Å². The van der Waals surface area contributed by atoms with Gasteiger partial charge in [-0.05, 0) is 47.5 Å². The van der Waals surface area contributed by atoms with E-state index in [2.05, 4.69) is 0 Å². The summed E-state index contributed by atoms with van der Waals surface area (Å²) in [6.45, 7) is 0.115. The third kappa shape index (κ3) is 4.82. The summed E-state index contributed by atoms with van der Waals surface area (Å²) < 4.78 is 26.8. The first-order valence-electron chi connectivity index (χ1n) is 11.7. The van der Waals surface area contributed by atoms with Gasteiger partial charge >= 0.3 is 0 Å². The fraction of sp³-hybridized carbons (Fsp3) is 0.241. The SMILES string of the molecule is COc1ccc(CN2C(=O)C(=O)/C(=C(/O)c3ccc(OC)cc3OC)C2c2ccc(OC)c(OC)c2)cc1. The molecule has 3 aromatic rings. The minimum atomic E-state index is -0.913. The fourth-order valence-electron chi connectivity index (χ4n) is 4.48. The number of carbonyl (C=O) groups excluding carboxylic acids is 2. The van der Waals surface area contributed by atoms with Crippen LogP contribution in [0.3, 0.4) is 0 Å². The Morgan fingerprint density at radius 2 is 1.37 bits per heavy atom. The molecule has 1 N–H and O–H groups in total. The number of nitrogens with zero attached hydrogens (tertiary/aromatic N) is 1. The molecule has 0 aliphatic carbocycles. The molecule has 38 heavy (non-hydrogen) atoms. The molecule has 4 rings (SSSR count). The van der Waals surface area contributed by atoms with Crippen molar-refractivity contribution < 1.29 is 38.4 Å². The standard InChI is InChI=1S/C29H29NO8/c1-34-19-9-6-17(7-10-19)16-30-26(18-8-13-22(36-3)24(14-18)38-5)25(28(32)29(30)33)27(31)21-12-11-20(35-2)15-23(21)37-4/h6-15,26,31H,16H2,1-5H3/b27-25+. The molecule has 1 aliphatic heterocycles. The quantitative estimate of drug-likeness (QED) is 0.253. The molecule has 9 heteroatoms. The molecule has 0 aromatic heterocycles. The van der Waals surface area contributed by atoms with E-state index in [9.17, 15) is 14.7 Å². The molecule has 3 aromatic carbocycles. The first-order valence-corrected chi connectivity index (χ1v) is 11.7. The minimum absolute atomic E-state index is 0.0702. The number of aliphatic hydroxyl groups excluding tert-OH is 1. The number of ketones is 1. The zero-order valence-electron chi connectivity index (χ0n) is 21.8. The summed E-state index contributed by atoms with van der Waals surface area (Å²) in [6.07, 6.45) is 0. The first-order chi connectivity index (χ1) is 18.4. The molecule has 0 saturated carbocycles. The normalized spacial score (nSPS) is 16.3. The van der Waals surface area contributed by atoms with Gasteiger partial charge in [0.1, 0.15) is 23.0 Å². The Bertz CT molecular complexity index is 1380. The Balaban J connectivity index is 1.90. The Morgan fingerprint density at radius 1 is 0.737 bits per heavy atom. The van der Waals surface area contributed by atoms with Crippen LogP contribution in [0.15, 0.2) is 66.2 Å². The van der Waals surface area contributed by atoms with Gasteiger partial charge in [-0.1, -0.05) is 18.2 Å². The monoisotopic (exact) mass is 519 g/mol. The van der Waals surface area contributed by atoms with Crippen LogP contribution in [0.1, 0.15) is 22.7 Å². The minimum Gasteiger partial charge on any atom is -0.507 e. The van der Waals surface area contributed by atoms with Crippen LogP contribution in [-0.4, -0.2) is 57.2 Å². The molecule has 1 aliphatic rings. The summed E-state index contributed by atoms with van der Waals surface area (Å²) in [4.78, 5) is 28.3. The van der Waals surface area contributed by atoms with E-state index in [1.54, 1.807) is 55.6 Å². The maximum absolute atomic E-state index is 13.5. The van der Waals surface area contributed by atoms with E-state index in [-0.39, 0.29) is 29.2 Å². The fourth-order valence-corrected chi connectivity index (χ4v) is 4.48. The lowest BCUT2D eigenvalue weighted by atomic mass is 9.94. The molecule has 1 amide bonds. The van der Waals surface area contributed by atoms with Crippen LogP contribution in [0.5, 0.6) is 28.7 Å². The maximum Gasteiger partial charge on any atom is 0.295 e. The van der Waals surface area contributed by atoms with E-state index >= 15 is 0 Å². The molecule has 1 heterocycles. The molecular formula is C29H29NO8. The highest BCUT2D eigenvalue weighted by Crippen LogP contribution is 2.44. The van der Waals surface area contributed by atoms with Gasteiger partial charge < -0.3 is 33.7 Å². The number of likely N-dealkylation sites (tertiary alicyclic amines) is 1. The highest BCUT2D eigenvalue weighted by molar-refractivity contribution is 6.46. The zero-order valence-corrected chi connectivity index (χ0v) is 21.8. The highest BCUT2D eigenvalue weighted by Gasteiger charge is 2.46. The van der Waals surface area contributed by atoms with Crippen molar-refractivity contribution in [3.8, 4) is 28.7 Å². The number of ether oxygens (including phenoxy) is 5. The number of hydrogen-bond donors (Lipinski definition) is 1. The number of methoxy groups -OCH3 is 5. The lowest BCUT2D eigenvalue weighted by Crippen LogP contribution is -2.29. The first kappa shape index (κ1) is 26.4. The second-order valence-corrected chi connectivity index (χ2v) is 8.46. The number of aliphatic hydroxyl groups is 1. The van der Waals surface area contributed by atoms with Crippen LogP contribution in [0, 0.1) is 0 Å². The van der Waals surface area contributed by atoms with Crippen molar-refractivity contribution in [1.82, 2.24) is 4.90 Å². The summed E-state index contributed by atoms with van der Waals surface area (Å²) >= 11 is 0. The summed E-state index contributed by atoms with van der Waals surface area (Å²) in [5.74, 6) is 0.452. The van der Waals surface area contributed by atoms with Gasteiger partial charge in [-0.2, -0.15) is 0 Å². The lowest BCUT2D eigenvalue weighted by molar-refractivity contribution is -0.140. The average Bonchev–Trinajstić information content (AvgIpc) is 3.21. The third-order valence-electron chi connectivity index (χ3n) is 6.44. The average molecular weight is 520 g/mol. The van der Waals surface area contributed by atoms with Crippen molar-refractivity contribution in [2.24, 2.45) is 0 Å². The topological polar surface area (TPSA) is 104 Å². The Hall–Kier alpha value is -4.66. The summed E-state index contributed by atoms with van der Waals surface area (Å²) in [5.41, 5.74) is 1.52. The van der Waals surface area contributed by atoms with Crippen LogP contribution >= 0.6 is 0 Å². The van der Waals surface area contributed by atoms with Crippen molar-refractivity contribution in [2.45, 2.75) is 12.6 Å². The van der Waals surface area contributed by atoms with Gasteiger partial charge in [-0.3, -0.25) is 9.59 Å². The highest BCUT2D eigenvalue weighted by atomic mass is 16.5. The van der Waals surface area contributed by atoms with Crippen molar-refractivity contribution in [1.29, 1.82) is 0 Å². The molecule has 1 unspecified atom stereocenters. The van der Waals surface area contributed by atoms with Crippen LogP contribution < -0.4 is 23.7 Å². The number of amides is 1. The second kappa shape index (κ2) is 11.2. The van der Waals surface area contributed by atoms with E-state index < -0.39 is 17.7 Å². The molecule has 0 radical (unpaired) electrons. The molecule has 1 saturated heterocycles. The predicted molar refractivity (Wildman–Crippen MR) is 140 cm³/mol. The molecule has 1 atom stereocenters. The van der Waals surface area contributed by atoms with Crippen LogP contribution in [0.4, 0.5) is 0 Å². The Labute approximate surface area is 220 Å². The van der Waals surface area contributed by atoms with Crippen LogP contribution in [0.25, 0.3) is 5.76 Å².